The van der Waals surface area contributed by atoms with Crippen LogP contribution in [0.25, 0.3) is 0 Å². The second-order valence-electron chi connectivity index (χ2n) is 1.70. The Morgan fingerprint density at radius 1 is 1.86 bits per heavy atom. The lowest BCUT2D eigenvalue weighted by molar-refractivity contribution is -0.138. The molecule has 0 aliphatic heterocycles. The summed E-state index contributed by atoms with van der Waals surface area (Å²) < 4.78 is 11.6. The lowest BCUT2D eigenvalue weighted by Crippen LogP contribution is -1.98. The SMILES string of the molecule is O=C(O)[C@H]1C[C@@H]1F. The van der Waals surface area contributed by atoms with Gasteiger partial charge >= 0.3 is 5.97 Å². The maximum absolute atomic E-state index is 11.6. The topological polar surface area (TPSA) is 37.3 Å². The quantitative estimate of drug-likeness (QED) is 0.523. The Morgan fingerprint density at radius 2 is 2.29 bits per heavy atom. The van der Waals surface area contributed by atoms with Crippen LogP contribution in [-0.4, -0.2) is 17.2 Å². The van der Waals surface area contributed by atoms with Crippen LogP contribution in [-0.2, 0) is 4.79 Å². The van der Waals surface area contributed by atoms with Crippen molar-refractivity contribution in [3.63, 3.8) is 0 Å². The van der Waals surface area contributed by atoms with Gasteiger partial charge in [-0.25, -0.2) is 4.39 Å². The Hall–Kier alpha value is -0.600. The molecule has 2 atom stereocenters. The number of carboxylic acid groups (broad SMARTS) is 1. The van der Waals surface area contributed by atoms with E-state index in [1.165, 1.54) is 0 Å². The fourth-order valence-electron chi connectivity index (χ4n) is 0.420. The van der Waals surface area contributed by atoms with Crippen molar-refractivity contribution in [1.82, 2.24) is 0 Å². The smallest absolute Gasteiger partial charge is 0.309 e. The molecule has 40 valence electrons. The number of hydrogen-bond donors (Lipinski definition) is 1. The Balaban J connectivity index is 2.33. The predicted molar refractivity (Wildman–Crippen MR) is 20.6 cm³/mol. The van der Waals surface area contributed by atoms with Crippen molar-refractivity contribution in [3.05, 3.63) is 0 Å². The van der Waals surface area contributed by atoms with Crippen LogP contribution in [0.2, 0.25) is 0 Å². The first-order chi connectivity index (χ1) is 3.22. The largest absolute Gasteiger partial charge is 0.481 e. The average Bonchev–Trinajstić information content (AvgIpc) is 2.17. The minimum atomic E-state index is -1.06. The molecule has 0 aromatic rings. The Morgan fingerprint density at radius 3 is 2.29 bits per heavy atom. The molecule has 0 heterocycles. The van der Waals surface area contributed by atoms with E-state index in [2.05, 4.69) is 0 Å². The van der Waals surface area contributed by atoms with Gasteiger partial charge in [-0.15, -0.1) is 0 Å². The number of carbonyl (C=O) groups is 1. The van der Waals surface area contributed by atoms with Crippen molar-refractivity contribution in [2.75, 3.05) is 0 Å². The molecule has 1 N–H and O–H groups in total. The van der Waals surface area contributed by atoms with Gasteiger partial charge in [-0.1, -0.05) is 0 Å². The molecule has 0 bridgehead atoms. The zero-order valence-electron chi connectivity index (χ0n) is 3.60. The first kappa shape index (κ1) is 4.56. The van der Waals surface area contributed by atoms with Crippen LogP contribution >= 0.6 is 0 Å². The van der Waals surface area contributed by atoms with Crippen LogP contribution in [0.3, 0.4) is 0 Å². The fraction of sp³-hybridized carbons (Fsp3) is 0.750. The van der Waals surface area contributed by atoms with Crippen LogP contribution in [0.15, 0.2) is 0 Å². The van der Waals surface area contributed by atoms with Crippen molar-refractivity contribution in [2.45, 2.75) is 12.6 Å². The molecule has 3 heteroatoms. The lowest BCUT2D eigenvalue weighted by Gasteiger charge is -1.77. The zero-order valence-corrected chi connectivity index (χ0v) is 3.60. The highest BCUT2D eigenvalue weighted by atomic mass is 19.1. The summed E-state index contributed by atoms with van der Waals surface area (Å²) in [7, 11) is 0. The van der Waals surface area contributed by atoms with E-state index in [4.69, 9.17) is 5.11 Å². The van der Waals surface area contributed by atoms with E-state index in [9.17, 15) is 9.18 Å². The van der Waals surface area contributed by atoms with Gasteiger partial charge in [0.25, 0.3) is 0 Å². The molecule has 1 fully saturated rings. The second-order valence-corrected chi connectivity index (χ2v) is 1.70. The van der Waals surface area contributed by atoms with Crippen LogP contribution in [0.1, 0.15) is 6.42 Å². The van der Waals surface area contributed by atoms with Crippen LogP contribution in [0.4, 0.5) is 4.39 Å². The average molecular weight is 104 g/mol. The van der Waals surface area contributed by atoms with Crippen molar-refractivity contribution in [3.8, 4) is 0 Å². The molecule has 0 unspecified atom stereocenters. The first-order valence-corrected chi connectivity index (χ1v) is 2.08. The minimum Gasteiger partial charge on any atom is -0.481 e. The van der Waals surface area contributed by atoms with Gasteiger partial charge in [0.2, 0.25) is 0 Å². The summed E-state index contributed by atoms with van der Waals surface area (Å²) in [6.45, 7) is 0. The maximum Gasteiger partial charge on any atom is 0.309 e. The molecule has 1 aliphatic rings. The highest BCUT2D eigenvalue weighted by molar-refractivity contribution is 5.73. The highest BCUT2D eigenvalue weighted by Crippen LogP contribution is 2.33. The molecule has 0 spiro atoms. The van der Waals surface area contributed by atoms with Gasteiger partial charge in [0.1, 0.15) is 6.17 Å². The highest BCUT2D eigenvalue weighted by Gasteiger charge is 2.43. The Kier molecular flexibility index (Phi) is 0.770. The third-order valence-electron chi connectivity index (χ3n) is 1.03. The molecule has 1 aliphatic carbocycles. The van der Waals surface area contributed by atoms with Gasteiger partial charge in [-0.3, -0.25) is 4.79 Å². The zero-order chi connectivity index (χ0) is 5.44. The molecule has 1 rings (SSSR count). The molecule has 1 saturated carbocycles. The third-order valence-corrected chi connectivity index (χ3v) is 1.03. The molecular formula is C4H5FO2. The number of hydrogen-bond acceptors (Lipinski definition) is 1. The summed E-state index contributed by atoms with van der Waals surface area (Å²) in [6, 6.07) is 0. The number of halogens is 1. The van der Waals surface area contributed by atoms with E-state index < -0.39 is 18.1 Å². The number of aliphatic carboxylic acids is 1. The molecule has 0 aromatic heterocycles. The maximum atomic E-state index is 11.6. The minimum absolute atomic E-state index is 0.218. The number of carboxylic acids is 1. The van der Waals surface area contributed by atoms with Gasteiger partial charge in [0, 0.05) is 0 Å². The monoisotopic (exact) mass is 104 g/mol. The fourth-order valence-corrected chi connectivity index (χ4v) is 0.420. The van der Waals surface area contributed by atoms with E-state index >= 15 is 0 Å². The van der Waals surface area contributed by atoms with E-state index in [-0.39, 0.29) is 6.42 Å². The summed E-state index contributed by atoms with van der Waals surface area (Å²) >= 11 is 0. The summed E-state index contributed by atoms with van der Waals surface area (Å²) in [5.41, 5.74) is 0. The number of alkyl halides is 1. The molecule has 2 nitrogen and oxygen atoms in total. The molecule has 0 radical (unpaired) electrons. The van der Waals surface area contributed by atoms with E-state index in [0.717, 1.165) is 0 Å². The Bertz CT molecular complexity index is 102. The predicted octanol–water partition coefficient (Wildman–Crippen LogP) is 0.429. The van der Waals surface area contributed by atoms with Gasteiger partial charge in [-0.2, -0.15) is 0 Å². The van der Waals surface area contributed by atoms with Gasteiger partial charge in [0.15, 0.2) is 0 Å². The lowest BCUT2D eigenvalue weighted by atomic mass is 10.4. The van der Waals surface area contributed by atoms with E-state index in [1.807, 2.05) is 0 Å². The summed E-state index contributed by atoms with van der Waals surface area (Å²) in [4.78, 5) is 9.73. The number of rotatable bonds is 1. The van der Waals surface area contributed by atoms with Crippen molar-refractivity contribution < 1.29 is 14.3 Å². The Labute approximate surface area is 39.9 Å². The normalized spacial score (nSPS) is 37.9. The van der Waals surface area contributed by atoms with E-state index in [0.29, 0.717) is 0 Å². The van der Waals surface area contributed by atoms with Crippen LogP contribution in [0.5, 0.6) is 0 Å². The second kappa shape index (κ2) is 1.18. The van der Waals surface area contributed by atoms with Crippen molar-refractivity contribution in [1.29, 1.82) is 0 Å². The standard InChI is InChI=1S/C4H5FO2/c5-3-1-2(3)4(6)7/h2-3H,1H2,(H,6,7)/t2-,3-/m0/s1. The van der Waals surface area contributed by atoms with Crippen LogP contribution < -0.4 is 0 Å². The molecular weight excluding hydrogens is 99.0 g/mol. The van der Waals surface area contributed by atoms with Gasteiger partial charge < -0.3 is 5.11 Å². The van der Waals surface area contributed by atoms with E-state index in [1.54, 1.807) is 0 Å². The van der Waals surface area contributed by atoms with Crippen LogP contribution in [0, 0.1) is 5.92 Å². The third kappa shape index (κ3) is 0.706. The van der Waals surface area contributed by atoms with Crippen molar-refractivity contribution >= 4 is 5.97 Å². The summed E-state index contributed by atoms with van der Waals surface area (Å²) in [5, 5.41) is 7.98. The van der Waals surface area contributed by atoms with Gasteiger partial charge in [-0.05, 0) is 6.42 Å². The molecule has 0 aromatic carbocycles. The van der Waals surface area contributed by atoms with Gasteiger partial charge in [0.05, 0.1) is 5.92 Å². The molecule has 0 saturated heterocycles. The molecule has 7 heavy (non-hydrogen) atoms. The van der Waals surface area contributed by atoms with Crippen molar-refractivity contribution in [2.24, 2.45) is 5.92 Å². The first-order valence-electron chi connectivity index (χ1n) is 2.08. The summed E-state index contributed by atoms with van der Waals surface area (Å²) in [6.07, 6.45) is -0.840. The molecule has 0 amide bonds. The summed E-state index contributed by atoms with van der Waals surface area (Å²) in [5.74, 6) is -1.69.